The molecule has 2 aliphatic heterocycles. The van der Waals surface area contributed by atoms with Crippen LogP contribution >= 0.6 is 31.9 Å². The number of carbonyl (C=O) groups is 3. The third-order valence-electron chi connectivity index (χ3n) is 6.12. The van der Waals surface area contributed by atoms with Crippen molar-refractivity contribution in [3.8, 4) is 0 Å². The SMILES string of the molecule is C.C.CCOC(=O)[C@H]1C(=O)NC[C@@H]1c1ccc(Br)cc1.CCOC(=O)[C@H]1CNC[C@@H]1c1ccc(Br)cc1. The molecule has 0 unspecified atom stereocenters. The average molecular weight is 642 g/mol. The molecule has 0 saturated carbocycles. The minimum atomic E-state index is -0.730. The minimum absolute atomic E-state index is 0. The number of benzene rings is 2. The molecule has 37 heavy (non-hydrogen) atoms. The Morgan fingerprint density at radius 3 is 1.78 bits per heavy atom. The van der Waals surface area contributed by atoms with E-state index in [2.05, 4.69) is 54.6 Å². The number of rotatable bonds is 6. The van der Waals surface area contributed by atoms with Crippen LogP contribution in [0.3, 0.4) is 0 Å². The van der Waals surface area contributed by atoms with Crippen molar-refractivity contribution in [1.29, 1.82) is 0 Å². The van der Waals surface area contributed by atoms with Gasteiger partial charge in [-0.05, 0) is 49.2 Å². The van der Waals surface area contributed by atoms with Crippen LogP contribution in [0.2, 0.25) is 0 Å². The van der Waals surface area contributed by atoms with E-state index in [1.165, 1.54) is 5.56 Å². The average Bonchev–Trinajstić information content (AvgIpc) is 3.48. The zero-order valence-electron chi connectivity index (χ0n) is 19.8. The number of carbonyl (C=O) groups excluding carboxylic acids is 3. The molecule has 4 rings (SSSR count). The van der Waals surface area contributed by atoms with Crippen LogP contribution in [0.4, 0.5) is 0 Å². The normalized spacial score (nSPS) is 21.9. The van der Waals surface area contributed by atoms with E-state index in [1.807, 2.05) is 43.3 Å². The smallest absolute Gasteiger partial charge is 0.319 e. The highest BCUT2D eigenvalue weighted by atomic mass is 79.9. The summed E-state index contributed by atoms with van der Waals surface area (Å²) in [5.41, 5.74) is 2.16. The lowest BCUT2D eigenvalue weighted by Gasteiger charge is -2.17. The van der Waals surface area contributed by atoms with Crippen molar-refractivity contribution in [3.63, 3.8) is 0 Å². The van der Waals surface area contributed by atoms with Gasteiger partial charge >= 0.3 is 11.9 Å². The van der Waals surface area contributed by atoms with Crippen LogP contribution < -0.4 is 10.6 Å². The summed E-state index contributed by atoms with van der Waals surface area (Å²) >= 11 is 6.78. The number of ether oxygens (including phenoxy) is 2. The summed E-state index contributed by atoms with van der Waals surface area (Å²) in [7, 11) is 0. The molecule has 0 aliphatic carbocycles. The highest BCUT2D eigenvalue weighted by Crippen LogP contribution is 2.31. The molecular formula is C28H38Br2N2O5. The van der Waals surface area contributed by atoms with Crippen LogP contribution in [0.1, 0.15) is 51.7 Å². The zero-order chi connectivity index (χ0) is 25.4. The Bertz CT molecular complexity index is 1010. The minimum Gasteiger partial charge on any atom is -0.466 e. The molecule has 2 heterocycles. The first kappa shape index (κ1) is 32.8. The van der Waals surface area contributed by atoms with Crippen molar-refractivity contribution >= 4 is 49.7 Å². The van der Waals surface area contributed by atoms with Gasteiger partial charge in [-0.3, -0.25) is 14.4 Å². The molecule has 7 nitrogen and oxygen atoms in total. The van der Waals surface area contributed by atoms with Crippen LogP contribution in [0.25, 0.3) is 0 Å². The van der Waals surface area contributed by atoms with Gasteiger partial charge in [-0.15, -0.1) is 0 Å². The number of amides is 1. The van der Waals surface area contributed by atoms with Crippen LogP contribution in [-0.4, -0.2) is 50.7 Å². The molecule has 0 spiro atoms. The van der Waals surface area contributed by atoms with Gasteiger partial charge in [0.05, 0.1) is 19.1 Å². The summed E-state index contributed by atoms with van der Waals surface area (Å²) in [6.45, 7) is 6.33. The van der Waals surface area contributed by atoms with Gasteiger partial charge in [0, 0.05) is 40.4 Å². The standard InChI is InChI=1S/C13H14BrNO3.C13H16BrNO2.2CH4/c1-2-18-13(17)11-10(7-15-12(11)16)8-3-5-9(14)6-4-8;1-2-17-13(16)12-8-15-7-11(12)9-3-5-10(14)6-4-9;;/h3-6,10-11H,2,7H2,1H3,(H,15,16);3-6,11-12,15H,2,7-8H2,1H3;2*1H4/t10-,11-;11-,12+;;/m11../s1. The van der Waals surface area contributed by atoms with Crippen LogP contribution in [-0.2, 0) is 23.9 Å². The summed E-state index contributed by atoms with van der Waals surface area (Å²) in [4.78, 5) is 35.4. The predicted octanol–water partition coefficient (Wildman–Crippen LogP) is 5.43. The molecule has 204 valence electrons. The summed E-state index contributed by atoms with van der Waals surface area (Å²) in [6, 6.07) is 15.8. The maximum absolute atomic E-state index is 11.8. The maximum atomic E-state index is 11.8. The van der Waals surface area contributed by atoms with Crippen LogP contribution in [0, 0.1) is 11.8 Å². The molecule has 2 saturated heterocycles. The second-order valence-corrected chi connectivity index (χ2v) is 10.1. The van der Waals surface area contributed by atoms with Gasteiger partial charge in [0.25, 0.3) is 0 Å². The van der Waals surface area contributed by atoms with E-state index in [9.17, 15) is 14.4 Å². The first-order valence-electron chi connectivity index (χ1n) is 11.7. The van der Waals surface area contributed by atoms with Crippen molar-refractivity contribution in [1.82, 2.24) is 10.6 Å². The highest BCUT2D eigenvalue weighted by molar-refractivity contribution is 9.10. The molecule has 9 heteroatoms. The van der Waals surface area contributed by atoms with Gasteiger partial charge in [-0.1, -0.05) is 71.0 Å². The maximum Gasteiger partial charge on any atom is 0.319 e. The molecule has 0 aromatic heterocycles. The fourth-order valence-corrected chi connectivity index (χ4v) is 4.91. The Kier molecular flexibility index (Phi) is 14.1. The van der Waals surface area contributed by atoms with Crippen molar-refractivity contribution in [2.75, 3.05) is 32.8 Å². The van der Waals surface area contributed by atoms with Gasteiger partial charge in [0.2, 0.25) is 5.91 Å². The van der Waals surface area contributed by atoms with Gasteiger partial charge < -0.3 is 20.1 Å². The first-order valence-corrected chi connectivity index (χ1v) is 13.3. The molecule has 2 aliphatic rings. The molecule has 0 radical (unpaired) electrons. The third-order valence-corrected chi connectivity index (χ3v) is 7.18. The summed E-state index contributed by atoms with van der Waals surface area (Å²) in [6.07, 6.45) is 0. The monoisotopic (exact) mass is 640 g/mol. The van der Waals surface area contributed by atoms with E-state index < -0.39 is 11.9 Å². The number of esters is 2. The molecule has 1 amide bonds. The lowest BCUT2D eigenvalue weighted by atomic mass is 9.88. The van der Waals surface area contributed by atoms with Crippen LogP contribution in [0.15, 0.2) is 57.5 Å². The second kappa shape index (κ2) is 15.9. The summed E-state index contributed by atoms with van der Waals surface area (Å²) in [5.74, 6) is -1.50. The molecular weight excluding hydrogens is 604 g/mol. The fraction of sp³-hybridized carbons (Fsp3) is 0.464. The molecule has 2 aromatic carbocycles. The summed E-state index contributed by atoms with van der Waals surface area (Å²) < 4.78 is 12.1. The summed E-state index contributed by atoms with van der Waals surface area (Å²) in [5, 5.41) is 5.98. The van der Waals surface area contributed by atoms with Crippen molar-refractivity contribution in [3.05, 3.63) is 68.6 Å². The number of hydrogen-bond acceptors (Lipinski definition) is 6. The number of hydrogen-bond donors (Lipinski definition) is 2. The molecule has 2 aromatic rings. The Balaban J connectivity index is 0.000000351. The van der Waals surface area contributed by atoms with E-state index in [4.69, 9.17) is 9.47 Å². The Morgan fingerprint density at radius 1 is 0.784 bits per heavy atom. The highest BCUT2D eigenvalue weighted by Gasteiger charge is 2.42. The molecule has 4 atom stereocenters. The fourth-order valence-electron chi connectivity index (χ4n) is 4.38. The molecule has 2 fully saturated rings. The number of halogens is 2. The Morgan fingerprint density at radius 2 is 1.27 bits per heavy atom. The topological polar surface area (TPSA) is 93.7 Å². The quantitative estimate of drug-likeness (QED) is 0.323. The van der Waals surface area contributed by atoms with Crippen LogP contribution in [0.5, 0.6) is 0 Å². The van der Waals surface area contributed by atoms with E-state index in [-0.39, 0.29) is 51.1 Å². The third kappa shape index (κ3) is 8.65. The van der Waals surface area contributed by atoms with E-state index >= 15 is 0 Å². The lowest BCUT2D eigenvalue weighted by Crippen LogP contribution is -2.28. The van der Waals surface area contributed by atoms with Crippen molar-refractivity contribution < 1.29 is 23.9 Å². The van der Waals surface area contributed by atoms with Gasteiger partial charge in [-0.2, -0.15) is 0 Å². The second-order valence-electron chi connectivity index (χ2n) is 8.31. The predicted molar refractivity (Wildman–Crippen MR) is 153 cm³/mol. The Labute approximate surface area is 237 Å². The van der Waals surface area contributed by atoms with Gasteiger partial charge in [-0.25, -0.2) is 0 Å². The lowest BCUT2D eigenvalue weighted by molar-refractivity contribution is -0.151. The van der Waals surface area contributed by atoms with Gasteiger partial charge in [0.1, 0.15) is 5.92 Å². The van der Waals surface area contributed by atoms with E-state index in [1.54, 1.807) is 6.92 Å². The van der Waals surface area contributed by atoms with E-state index in [0.29, 0.717) is 19.7 Å². The molecule has 0 bridgehead atoms. The first-order chi connectivity index (χ1) is 16.8. The van der Waals surface area contributed by atoms with E-state index in [0.717, 1.165) is 21.1 Å². The number of nitrogens with one attached hydrogen (secondary N) is 2. The van der Waals surface area contributed by atoms with Crippen molar-refractivity contribution in [2.24, 2.45) is 11.8 Å². The Hall–Kier alpha value is -2.23. The van der Waals surface area contributed by atoms with Crippen molar-refractivity contribution in [2.45, 2.75) is 40.5 Å². The van der Waals surface area contributed by atoms with Gasteiger partial charge in [0.15, 0.2) is 0 Å². The molecule has 2 N–H and O–H groups in total. The zero-order valence-corrected chi connectivity index (χ0v) is 22.9. The largest absolute Gasteiger partial charge is 0.466 e.